The van der Waals surface area contributed by atoms with Crippen molar-refractivity contribution in [3.8, 4) is 0 Å². The molecular weight excluding hydrogens is 190 g/mol. The van der Waals surface area contributed by atoms with Gasteiger partial charge in [0.25, 0.3) is 0 Å². The molecule has 0 aromatic rings. The Bertz CT molecular complexity index is 188. The molecule has 88 valence electrons. The summed E-state index contributed by atoms with van der Waals surface area (Å²) in [5, 5.41) is 0. The minimum Gasteiger partial charge on any atom is -0.377 e. The van der Waals surface area contributed by atoms with Gasteiger partial charge in [-0.15, -0.1) is 0 Å². The Balaban J connectivity index is 2.02. The van der Waals surface area contributed by atoms with Crippen LogP contribution in [0.3, 0.4) is 0 Å². The average Bonchev–Trinajstić information content (AvgIpc) is 2.70. The van der Waals surface area contributed by atoms with E-state index in [4.69, 9.17) is 4.74 Å². The molecule has 0 saturated carbocycles. The van der Waals surface area contributed by atoms with Crippen LogP contribution in [-0.2, 0) is 9.53 Å². The maximum atomic E-state index is 11.1. The zero-order valence-electron chi connectivity index (χ0n) is 10.00. The molecule has 0 N–H and O–H groups in total. The summed E-state index contributed by atoms with van der Waals surface area (Å²) in [4.78, 5) is 13.4. The van der Waals surface area contributed by atoms with Gasteiger partial charge in [-0.05, 0) is 32.9 Å². The molecule has 0 spiro atoms. The molecule has 1 unspecified atom stereocenters. The van der Waals surface area contributed by atoms with Crippen LogP contribution in [0, 0.1) is 0 Å². The van der Waals surface area contributed by atoms with Gasteiger partial charge in [-0.2, -0.15) is 0 Å². The van der Waals surface area contributed by atoms with Gasteiger partial charge in [-0.3, -0.25) is 4.79 Å². The Labute approximate surface area is 92.8 Å². The molecule has 1 aliphatic heterocycles. The van der Waals surface area contributed by atoms with Crippen LogP contribution in [0.2, 0.25) is 0 Å². The first-order valence-electron chi connectivity index (χ1n) is 6.04. The first-order valence-corrected chi connectivity index (χ1v) is 6.04. The maximum Gasteiger partial charge on any atom is 0.132 e. The van der Waals surface area contributed by atoms with Crippen molar-refractivity contribution < 1.29 is 9.53 Å². The van der Waals surface area contributed by atoms with Gasteiger partial charge in [-0.1, -0.05) is 6.92 Å². The van der Waals surface area contributed by atoms with Crippen LogP contribution in [0.5, 0.6) is 0 Å². The van der Waals surface area contributed by atoms with E-state index in [2.05, 4.69) is 11.9 Å². The maximum absolute atomic E-state index is 11.1. The number of Topliss-reactive ketones (excluding diaryl/α,β-unsaturated/α-hetero) is 1. The van der Waals surface area contributed by atoms with Crippen LogP contribution in [0.4, 0.5) is 0 Å². The molecule has 15 heavy (non-hydrogen) atoms. The first kappa shape index (κ1) is 12.7. The number of hydrogen-bond donors (Lipinski definition) is 0. The molecule has 1 rings (SSSR count). The second-order valence-corrected chi connectivity index (χ2v) is 4.39. The van der Waals surface area contributed by atoms with Crippen molar-refractivity contribution in [3.63, 3.8) is 0 Å². The van der Waals surface area contributed by atoms with Gasteiger partial charge in [0.15, 0.2) is 0 Å². The van der Waals surface area contributed by atoms with Crippen molar-refractivity contribution in [1.29, 1.82) is 0 Å². The summed E-state index contributed by atoms with van der Waals surface area (Å²) in [5.74, 6) is 0.375. The minimum absolute atomic E-state index is 0.375. The lowest BCUT2D eigenvalue weighted by Gasteiger charge is -2.20. The van der Waals surface area contributed by atoms with Crippen molar-refractivity contribution in [3.05, 3.63) is 0 Å². The molecular formula is C12H23NO2. The number of ether oxygens (including phenoxy) is 1. The van der Waals surface area contributed by atoms with Crippen LogP contribution in [0.25, 0.3) is 0 Å². The van der Waals surface area contributed by atoms with E-state index < -0.39 is 0 Å². The summed E-state index contributed by atoms with van der Waals surface area (Å²) < 4.78 is 5.56. The van der Waals surface area contributed by atoms with Gasteiger partial charge < -0.3 is 9.64 Å². The van der Waals surface area contributed by atoms with Crippen molar-refractivity contribution in [1.82, 2.24) is 4.90 Å². The van der Waals surface area contributed by atoms with E-state index in [1.165, 1.54) is 12.8 Å². The highest BCUT2D eigenvalue weighted by Crippen LogP contribution is 2.12. The molecule has 3 nitrogen and oxygen atoms in total. The lowest BCUT2D eigenvalue weighted by atomic mass is 10.1. The third-order valence-corrected chi connectivity index (χ3v) is 2.93. The quantitative estimate of drug-likeness (QED) is 0.646. The number of likely N-dealkylation sites (N-methyl/N-ethyl adjacent to an activating group) is 1. The van der Waals surface area contributed by atoms with Gasteiger partial charge in [0.2, 0.25) is 0 Å². The van der Waals surface area contributed by atoms with E-state index in [0.29, 0.717) is 18.3 Å². The molecule has 3 heteroatoms. The van der Waals surface area contributed by atoms with Crippen molar-refractivity contribution in [2.45, 2.75) is 45.1 Å². The van der Waals surface area contributed by atoms with Crippen molar-refractivity contribution in [2.75, 3.05) is 26.7 Å². The fourth-order valence-electron chi connectivity index (χ4n) is 1.95. The van der Waals surface area contributed by atoms with E-state index >= 15 is 0 Å². The highest BCUT2D eigenvalue weighted by atomic mass is 16.5. The van der Waals surface area contributed by atoms with Crippen LogP contribution in [0.1, 0.15) is 39.0 Å². The number of carbonyl (C=O) groups is 1. The Kier molecular flexibility index (Phi) is 5.88. The summed E-state index contributed by atoms with van der Waals surface area (Å²) in [6.45, 7) is 4.87. The Morgan fingerprint density at radius 1 is 1.53 bits per heavy atom. The Hall–Kier alpha value is -0.410. The summed E-state index contributed by atoms with van der Waals surface area (Å²) in [6, 6.07) is 0. The number of nitrogens with zero attached hydrogens (tertiary/aromatic N) is 1. The molecule has 1 fully saturated rings. The van der Waals surface area contributed by atoms with Gasteiger partial charge in [0.05, 0.1) is 6.10 Å². The monoisotopic (exact) mass is 213 g/mol. The summed E-state index contributed by atoms with van der Waals surface area (Å²) in [6.07, 6.45) is 5.21. The second kappa shape index (κ2) is 6.96. The van der Waals surface area contributed by atoms with E-state index in [9.17, 15) is 4.79 Å². The summed E-state index contributed by atoms with van der Waals surface area (Å²) in [7, 11) is 2.11. The van der Waals surface area contributed by atoms with Gasteiger partial charge in [0, 0.05) is 26.0 Å². The third-order valence-electron chi connectivity index (χ3n) is 2.93. The lowest BCUT2D eigenvalue weighted by Crippen LogP contribution is -2.29. The van der Waals surface area contributed by atoms with Crippen LogP contribution in [0.15, 0.2) is 0 Å². The number of rotatable bonds is 7. The zero-order valence-corrected chi connectivity index (χ0v) is 10.00. The highest BCUT2D eigenvalue weighted by Gasteiger charge is 2.16. The number of ketones is 1. The molecule has 0 amide bonds. The third kappa shape index (κ3) is 5.28. The van der Waals surface area contributed by atoms with E-state index in [0.717, 1.165) is 32.5 Å². The molecule has 1 heterocycles. The zero-order chi connectivity index (χ0) is 11.1. The van der Waals surface area contributed by atoms with Crippen LogP contribution in [-0.4, -0.2) is 43.5 Å². The molecule has 1 saturated heterocycles. The highest BCUT2D eigenvalue weighted by molar-refractivity contribution is 5.77. The first-order chi connectivity index (χ1) is 7.22. The Morgan fingerprint density at radius 2 is 2.33 bits per heavy atom. The topological polar surface area (TPSA) is 29.5 Å². The summed E-state index contributed by atoms with van der Waals surface area (Å²) >= 11 is 0. The summed E-state index contributed by atoms with van der Waals surface area (Å²) in [5.41, 5.74) is 0. The predicted molar refractivity (Wildman–Crippen MR) is 61.0 cm³/mol. The van der Waals surface area contributed by atoms with Gasteiger partial charge in [0.1, 0.15) is 5.78 Å². The number of carbonyl (C=O) groups excluding carboxylic acids is 1. The largest absolute Gasteiger partial charge is 0.377 e. The predicted octanol–water partition coefficient (Wildman–Crippen LogP) is 1.86. The number of hydrogen-bond acceptors (Lipinski definition) is 3. The standard InChI is InChI=1S/C12H23NO2/c1-3-11(14)6-4-8-13(2)10-12-7-5-9-15-12/h12H,3-10H2,1-2H3. The molecule has 1 aliphatic rings. The average molecular weight is 213 g/mol. The second-order valence-electron chi connectivity index (χ2n) is 4.39. The van der Waals surface area contributed by atoms with Gasteiger partial charge >= 0.3 is 0 Å². The minimum atomic E-state index is 0.375. The molecule has 0 aromatic heterocycles. The Morgan fingerprint density at radius 3 is 2.93 bits per heavy atom. The molecule has 0 aliphatic carbocycles. The molecule has 0 radical (unpaired) electrons. The SMILES string of the molecule is CCC(=O)CCCN(C)CC1CCCO1. The molecule has 0 bridgehead atoms. The molecule has 1 atom stereocenters. The van der Waals surface area contributed by atoms with Gasteiger partial charge in [-0.25, -0.2) is 0 Å². The normalized spacial score (nSPS) is 21.1. The van der Waals surface area contributed by atoms with E-state index in [-0.39, 0.29) is 0 Å². The van der Waals surface area contributed by atoms with Crippen molar-refractivity contribution in [2.24, 2.45) is 0 Å². The van der Waals surface area contributed by atoms with Crippen LogP contribution >= 0.6 is 0 Å². The fraction of sp³-hybridized carbons (Fsp3) is 0.917. The molecule has 0 aromatic carbocycles. The van der Waals surface area contributed by atoms with E-state index in [1.807, 2.05) is 6.92 Å². The van der Waals surface area contributed by atoms with E-state index in [1.54, 1.807) is 0 Å². The fourth-order valence-corrected chi connectivity index (χ4v) is 1.95. The van der Waals surface area contributed by atoms with Crippen molar-refractivity contribution >= 4 is 5.78 Å². The lowest BCUT2D eigenvalue weighted by molar-refractivity contribution is -0.118. The smallest absolute Gasteiger partial charge is 0.132 e. The van der Waals surface area contributed by atoms with Crippen LogP contribution < -0.4 is 0 Å².